The first-order valence-corrected chi connectivity index (χ1v) is 9.06. The van der Waals surface area contributed by atoms with Crippen LogP contribution in [-0.4, -0.2) is 68.6 Å². The molecular formula is C18H31ClIN5. The summed E-state index contributed by atoms with van der Waals surface area (Å²) in [6.45, 7) is 9.15. The van der Waals surface area contributed by atoms with Gasteiger partial charge in [0.1, 0.15) is 0 Å². The molecule has 0 bridgehead atoms. The Morgan fingerprint density at radius 3 is 2.60 bits per heavy atom. The number of hydrogen-bond donors (Lipinski definition) is 2. The van der Waals surface area contributed by atoms with Crippen molar-refractivity contribution in [1.82, 2.24) is 20.4 Å². The maximum atomic E-state index is 5.97. The standard InChI is InChI=1S/C18H30ClN5.HI/c1-5-20-18(21-12-17-13-23(3)10-11-24(17)4)22-14(2)15-6-8-16(19)9-7-15;/h6-9,14,17H,5,10-13H2,1-4H3,(H2,20,21,22);1H. The number of nitrogens with zero attached hydrogens (tertiary/aromatic N) is 3. The predicted octanol–water partition coefficient (Wildman–Crippen LogP) is 2.82. The maximum Gasteiger partial charge on any atom is 0.191 e. The van der Waals surface area contributed by atoms with E-state index in [1.54, 1.807) is 0 Å². The van der Waals surface area contributed by atoms with Crippen molar-refractivity contribution in [3.05, 3.63) is 34.9 Å². The lowest BCUT2D eigenvalue weighted by molar-refractivity contribution is 0.119. The summed E-state index contributed by atoms with van der Waals surface area (Å²) in [6, 6.07) is 8.58. The normalized spacial score (nSPS) is 20.7. The van der Waals surface area contributed by atoms with Gasteiger partial charge in [-0.05, 0) is 45.6 Å². The molecule has 1 fully saturated rings. The van der Waals surface area contributed by atoms with Gasteiger partial charge < -0.3 is 15.5 Å². The van der Waals surface area contributed by atoms with Crippen LogP contribution in [0.2, 0.25) is 5.02 Å². The number of rotatable bonds is 5. The Hall–Kier alpha value is -0.570. The molecule has 0 saturated carbocycles. The minimum Gasteiger partial charge on any atom is -0.357 e. The Labute approximate surface area is 174 Å². The predicted molar refractivity (Wildman–Crippen MR) is 118 cm³/mol. The summed E-state index contributed by atoms with van der Waals surface area (Å²) in [7, 11) is 4.36. The van der Waals surface area contributed by atoms with Crippen LogP contribution in [0.1, 0.15) is 25.5 Å². The van der Waals surface area contributed by atoms with Gasteiger partial charge in [0.2, 0.25) is 0 Å². The molecule has 1 aliphatic rings. The number of piperazine rings is 1. The molecule has 1 heterocycles. The summed E-state index contributed by atoms with van der Waals surface area (Å²) in [5.41, 5.74) is 1.19. The van der Waals surface area contributed by atoms with Crippen molar-refractivity contribution in [2.75, 3.05) is 46.8 Å². The minimum atomic E-state index is 0. The highest BCUT2D eigenvalue weighted by Crippen LogP contribution is 2.16. The smallest absolute Gasteiger partial charge is 0.191 e. The van der Waals surface area contributed by atoms with Gasteiger partial charge in [-0.1, -0.05) is 23.7 Å². The zero-order valence-electron chi connectivity index (χ0n) is 15.6. The van der Waals surface area contributed by atoms with Crippen molar-refractivity contribution in [3.8, 4) is 0 Å². The van der Waals surface area contributed by atoms with Crippen LogP contribution in [0.5, 0.6) is 0 Å². The highest BCUT2D eigenvalue weighted by molar-refractivity contribution is 14.0. The Bertz CT molecular complexity index is 537. The number of halogens is 2. The molecule has 7 heteroatoms. The number of likely N-dealkylation sites (N-methyl/N-ethyl adjacent to an activating group) is 2. The molecule has 2 unspecified atom stereocenters. The highest BCUT2D eigenvalue weighted by Gasteiger charge is 2.21. The second-order valence-electron chi connectivity index (χ2n) is 6.53. The fourth-order valence-corrected chi connectivity index (χ4v) is 2.98. The molecule has 0 amide bonds. The lowest BCUT2D eigenvalue weighted by Crippen LogP contribution is -2.51. The fourth-order valence-electron chi connectivity index (χ4n) is 2.86. The zero-order chi connectivity index (χ0) is 17.5. The Morgan fingerprint density at radius 2 is 1.96 bits per heavy atom. The molecular weight excluding hydrogens is 449 g/mol. The van der Waals surface area contributed by atoms with Crippen LogP contribution in [0.25, 0.3) is 0 Å². The summed E-state index contributed by atoms with van der Waals surface area (Å²) in [5.74, 6) is 0.863. The van der Waals surface area contributed by atoms with Gasteiger partial charge in [-0.25, -0.2) is 0 Å². The van der Waals surface area contributed by atoms with E-state index in [1.807, 2.05) is 24.3 Å². The van der Waals surface area contributed by atoms with Gasteiger partial charge in [0.05, 0.1) is 12.6 Å². The van der Waals surface area contributed by atoms with E-state index in [2.05, 4.69) is 48.4 Å². The largest absolute Gasteiger partial charge is 0.357 e. The molecule has 2 N–H and O–H groups in total. The molecule has 1 aromatic carbocycles. The summed E-state index contributed by atoms with van der Waals surface area (Å²) >= 11 is 5.97. The van der Waals surface area contributed by atoms with Crippen LogP contribution < -0.4 is 10.6 Å². The molecule has 0 radical (unpaired) electrons. The molecule has 1 aliphatic heterocycles. The van der Waals surface area contributed by atoms with Crippen LogP contribution >= 0.6 is 35.6 Å². The topological polar surface area (TPSA) is 42.9 Å². The summed E-state index contributed by atoms with van der Waals surface area (Å²) in [5, 5.41) is 7.58. The first-order chi connectivity index (χ1) is 11.5. The highest BCUT2D eigenvalue weighted by atomic mass is 127. The average Bonchev–Trinajstić information content (AvgIpc) is 2.56. The van der Waals surface area contributed by atoms with Crippen LogP contribution in [0, 0.1) is 0 Å². The lowest BCUT2D eigenvalue weighted by atomic mass is 10.1. The lowest BCUT2D eigenvalue weighted by Gasteiger charge is -2.37. The second kappa shape index (κ2) is 11.2. The second-order valence-corrected chi connectivity index (χ2v) is 6.97. The molecule has 1 saturated heterocycles. The monoisotopic (exact) mass is 479 g/mol. The summed E-state index contributed by atoms with van der Waals surface area (Å²) in [6.07, 6.45) is 0. The molecule has 1 aromatic rings. The summed E-state index contributed by atoms with van der Waals surface area (Å²) < 4.78 is 0. The zero-order valence-corrected chi connectivity index (χ0v) is 18.7. The van der Waals surface area contributed by atoms with E-state index in [-0.39, 0.29) is 30.0 Å². The van der Waals surface area contributed by atoms with Gasteiger partial charge in [-0.3, -0.25) is 9.89 Å². The third-order valence-corrected chi connectivity index (χ3v) is 4.76. The van der Waals surface area contributed by atoms with Crippen molar-refractivity contribution in [3.63, 3.8) is 0 Å². The molecule has 2 rings (SSSR count). The first-order valence-electron chi connectivity index (χ1n) is 8.68. The Balaban J connectivity index is 0.00000312. The molecule has 142 valence electrons. The van der Waals surface area contributed by atoms with Gasteiger partial charge in [0.15, 0.2) is 5.96 Å². The van der Waals surface area contributed by atoms with Crippen molar-refractivity contribution in [2.45, 2.75) is 25.9 Å². The molecule has 0 spiro atoms. The Kier molecular flexibility index (Phi) is 10.1. The number of nitrogens with one attached hydrogen (secondary N) is 2. The van der Waals surface area contributed by atoms with E-state index in [9.17, 15) is 0 Å². The summed E-state index contributed by atoms with van der Waals surface area (Å²) in [4.78, 5) is 9.58. The number of aliphatic imine (C=N–C) groups is 1. The quantitative estimate of drug-likeness (QED) is 0.387. The van der Waals surface area contributed by atoms with Gasteiger partial charge in [-0.2, -0.15) is 0 Å². The Morgan fingerprint density at radius 1 is 1.28 bits per heavy atom. The fraction of sp³-hybridized carbons (Fsp3) is 0.611. The van der Waals surface area contributed by atoms with E-state index in [1.165, 1.54) is 5.56 Å². The number of guanidine groups is 1. The van der Waals surface area contributed by atoms with Crippen LogP contribution in [-0.2, 0) is 0 Å². The van der Waals surface area contributed by atoms with Gasteiger partial charge in [0.25, 0.3) is 0 Å². The van der Waals surface area contributed by atoms with Gasteiger partial charge in [-0.15, -0.1) is 24.0 Å². The van der Waals surface area contributed by atoms with E-state index in [4.69, 9.17) is 16.6 Å². The number of hydrogen-bond acceptors (Lipinski definition) is 3. The van der Waals surface area contributed by atoms with E-state index >= 15 is 0 Å². The van der Waals surface area contributed by atoms with Crippen LogP contribution in [0.3, 0.4) is 0 Å². The maximum absolute atomic E-state index is 5.97. The average molecular weight is 480 g/mol. The molecule has 2 atom stereocenters. The SMILES string of the molecule is CCNC(=NCC1CN(C)CCN1C)NC(C)c1ccc(Cl)cc1.I. The van der Waals surface area contributed by atoms with Crippen LogP contribution in [0.15, 0.2) is 29.3 Å². The molecule has 0 aliphatic carbocycles. The van der Waals surface area contributed by atoms with Crippen LogP contribution in [0.4, 0.5) is 0 Å². The molecule has 25 heavy (non-hydrogen) atoms. The molecule has 5 nitrogen and oxygen atoms in total. The number of benzene rings is 1. The minimum absolute atomic E-state index is 0. The van der Waals surface area contributed by atoms with Gasteiger partial charge in [0, 0.05) is 37.2 Å². The van der Waals surface area contributed by atoms with E-state index < -0.39 is 0 Å². The third kappa shape index (κ3) is 7.29. The molecule has 0 aromatic heterocycles. The van der Waals surface area contributed by atoms with Crippen molar-refractivity contribution < 1.29 is 0 Å². The van der Waals surface area contributed by atoms with Gasteiger partial charge >= 0.3 is 0 Å². The van der Waals surface area contributed by atoms with Crippen molar-refractivity contribution in [1.29, 1.82) is 0 Å². The van der Waals surface area contributed by atoms with Crippen molar-refractivity contribution in [2.24, 2.45) is 4.99 Å². The van der Waals surface area contributed by atoms with Crippen molar-refractivity contribution >= 4 is 41.5 Å². The van der Waals surface area contributed by atoms with E-state index in [0.717, 1.165) is 43.7 Å². The first kappa shape index (κ1) is 22.5. The third-order valence-electron chi connectivity index (χ3n) is 4.51. The van der Waals surface area contributed by atoms with E-state index in [0.29, 0.717) is 6.04 Å².